The van der Waals surface area contributed by atoms with Crippen molar-refractivity contribution in [2.75, 3.05) is 45.8 Å². The summed E-state index contributed by atoms with van der Waals surface area (Å²) >= 11 is 0. The van der Waals surface area contributed by atoms with Crippen molar-refractivity contribution < 1.29 is 0 Å². The molecule has 6 heteroatoms. The first-order valence-corrected chi connectivity index (χ1v) is 10.8. The zero-order valence-corrected chi connectivity index (χ0v) is 20.0. The normalized spacial score (nSPS) is 20.9. The average Bonchev–Trinajstić information content (AvgIpc) is 3.37. The van der Waals surface area contributed by atoms with Crippen LogP contribution in [0.25, 0.3) is 0 Å². The Balaban J connectivity index is 0.00000280. The van der Waals surface area contributed by atoms with E-state index in [1.807, 2.05) is 0 Å². The fourth-order valence-electron chi connectivity index (χ4n) is 4.07. The van der Waals surface area contributed by atoms with Crippen LogP contribution in [0.1, 0.15) is 44.2 Å². The van der Waals surface area contributed by atoms with Crippen molar-refractivity contribution in [3.8, 4) is 0 Å². The second-order valence-electron chi connectivity index (χ2n) is 7.92. The number of likely N-dealkylation sites (tertiary alicyclic amines) is 2. The van der Waals surface area contributed by atoms with Crippen LogP contribution in [0.3, 0.4) is 0 Å². The van der Waals surface area contributed by atoms with E-state index in [0.29, 0.717) is 0 Å². The molecule has 2 heterocycles. The molecular weight excluding hydrogens is 461 g/mol. The molecule has 0 radical (unpaired) electrons. The number of hydrogen-bond acceptors (Lipinski definition) is 3. The third kappa shape index (κ3) is 7.52. The van der Waals surface area contributed by atoms with Gasteiger partial charge in [0.25, 0.3) is 0 Å². The molecule has 0 amide bonds. The Kier molecular flexibility index (Phi) is 10.6. The zero-order chi connectivity index (χ0) is 18.9. The second-order valence-corrected chi connectivity index (χ2v) is 7.92. The number of hydrogen-bond donors (Lipinski definition) is 2. The van der Waals surface area contributed by atoms with E-state index in [0.717, 1.165) is 38.1 Å². The summed E-state index contributed by atoms with van der Waals surface area (Å²) in [6.45, 7) is 14.2. The summed E-state index contributed by atoms with van der Waals surface area (Å²) in [7, 11) is 0. The van der Waals surface area contributed by atoms with Crippen LogP contribution in [0.4, 0.5) is 0 Å². The molecule has 158 valence electrons. The van der Waals surface area contributed by atoms with Crippen LogP contribution in [0, 0.1) is 5.92 Å². The lowest BCUT2D eigenvalue weighted by atomic mass is 10.1. The fourth-order valence-corrected chi connectivity index (χ4v) is 4.07. The Morgan fingerprint density at radius 1 is 1.00 bits per heavy atom. The second kappa shape index (κ2) is 12.6. The summed E-state index contributed by atoms with van der Waals surface area (Å²) in [4.78, 5) is 9.86. The lowest BCUT2D eigenvalue weighted by Gasteiger charge is -2.16. The Hall–Kier alpha value is -0.860. The van der Waals surface area contributed by atoms with Gasteiger partial charge in [0.1, 0.15) is 0 Å². The van der Waals surface area contributed by atoms with Gasteiger partial charge in [-0.15, -0.1) is 24.0 Å². The van der Waals surface area contributed by atoms with E-state index < -0.39 is 0 Å². The molecule has 2 N–H and O–H groups in total. The number of nitrogens with one attached hydrogen (secondary N) is 2. The molecule has 3 rings (SSSR count). The van der Waals surface area contributed by atoms with Gasteiger partial charge in [-0.05, 0) is 69.4 Å². The average molecular weight is 499 g/mol. The molecule has 2 aliphatic heterocycles. The molecule has 1 aromatic rings. The summed E-state index contributed by atoms with van der Waals surface area (Å²) in [5.74, 6) is 1.67. The van der Waals surface area contributed by atoms with Crippen molar-refractivity contribution in [2.45, 2.75) is 46.2 Å². The fraction of sp³-hybridized carbons (Fsp3) is 0.682. The first-order valence-electron chi connectivity index (χ1n) is 10.8. The van der Waals surface area contributed by atoms with E-state index in [1.165, 1.54) is 63.1 Å². The van der Waals surface area contributed by atoms with Gasteiger partial charge in [0.15, 0.2) is 5.96 Å². The lowest BCUT2D eigenvalue weighted by Crippen LogP contribution is -2.40. The molecular formula is C22H38IN5. The summed E-state index contributed by atoms with van der Waals surface area (Å²) in [5.41, 5.74) is 2.69. The topological polar surface area (TPSA) is 42.9 Å². The van der Waals surface area contributed by atoms with Gasteiger partial charge in [0.05, 0.1) is 6.54 Å². The molecule has 0 bridgehead atoms. The van der Waals surface area contributed by atoms with Crippen LogP contribution >= 0.6 is 24.0 Å². The highest BCUT2D eigenvalue weighted by atomic mass is 127. The largest absolute Gasteiger partial charge is 0.357 e. The van der Waals surface area contributed by atoms with Crippen LogP contribution < -0.4 is 10.6 Å². The van der Waals surface area contributed by atoms with Crippen LogP contribution in [0.2, 0.25) is 0 Å². The minimum absolute atomic E-state index is 0. The van der Waals surface area contributed by atoms with E-state index in [9.17, 15) is 0 Å². The van der Waals surface area contributed by atoms with E-state index >= 15 is 0 Å². The maximum atomic E-state index is 4.79. The standard InChI is InChI=1S/C22H37N5.HI/c1-3-23-22(25-16-21-11-14-26(4-2)18-21)24-15-19-7-9-20(10-8-19)17-27-12-5-6-13-27;/h7-10,21H,3-6,11-18H2,1-2H3,(H2,23,24,25);1H. The number of rotatable bonds is 8. The Morgan fingerprint density at radius 3 is 2.36 bits per heavy atom. The summed E-state index contributed by atoms with van der Waals surface area (Å²) < 4.78 is 0. The zero-order valence-electron chi connectivity index (χ0n) is 17.6. The molecule has 1 atom stereocenters. The van der Waals surface area contributed by atoms with Crippen LogP contribution in [0.5, 0.6) is 0 Å². The maximum absolute atomic E-state index is 4.79. The number of aliphatic imine (C=N–C) groups is 1. The van der Waals surface area contributed by atoms with Gasteiger partial charge < -0.3 is 15.5 Å². The third-order valence-electron chi connectivity index (χ3n) is 5.77. The van der Waals surface area contributed by atoms with Crippen LogP contribution in [-0.2, 0) is 13.1 Å². The summed E-state index contributed by atoms with van der Waals surface area (Å²) in [5, 5.41) is 6.92. The van der Waals surface area contributed by atoms with Gasteiger partial charge in [0, 0.05) is 26.2 Å². The van der Waals surface area contributed by atoms with Gasteiger partial charge in [-0.3, -0.25) is 4.90 Å². The Bertz CT molecular complexity index is 583. The first kappa shape index (κ1) is 23.4. The molecule has 2 fully saturated rings. The van der Waals surface area contributed by atoms with Crippen molar-refractivity contribution in [2.24, 2.45) is 10.9 Å². The molecule has 1 aromatic carbocycles. The molecule has 0 spiro atoms. The van der Waals surface area contributed by atoms with Gasteiger partial charge >= 0.3 is 0 Å². The number of halogens is 1. The molecule has 5 nitrogen and oxygen atoms in total. The number of guanidine groups is 1. The van der Waals surface area contributed by atoms with Gasteiger partial charge in [-0.2, -0.15) is 0 Å². The SMILES string of the molecule is CCNC(=NCc1ccc(CN2CCCC2)cc1)NCC1CCN(CC)C1.I. The molecule has 28 heavy (non-hydrogen) atoms. The number of nitrogens with zero attached hydrogens (tertiary/aromatic N) is 3. The van der Waals surface area contributed by atoms with Crippen molar-refractivity contribution in [1.29, 1.82) is 0 Å². The molecule has 2 aliphatic rings. The predicted octanol–water partition coefficient (Wildman–Crippen LogP) is 3.30. The Labute approximate surface area is 188 Å². The molecule has 0 aromatic heterocycles. The highest BCUT2D eigenvalue weighted by molar-refractivity contribution is 14.0. The number of benzene rings is 1. The van der Waals surface area contributed by atoms with Gasteiger partial charge in [0.2, 0.25) is 0 Å². The molecule has 1 unspecified atom stereocenters. The highest BCUT2D eigenvalue weighted by Crippen LogP contribution is 2.15. The van der Waals surface area contributed by atoms with Crippen molar-refractivity contribution in [3.63, 3.8) is 0 Å². The third-order valence-corrected chi connectivity index (χ3v) is 5.77. The highest BCUT2D eigenvalue weighted by Gasteiger charge is 2.21. The summed E-state index contributed by atoms with van der Waals surface area (Å²) in [6, 6.07) is 8.99. The molecule has 2 saturated heterocycles. The minimum Gasteiger partial charge on any atom is -0.357 e. The molecule has 0 saturated carbocycles. The van der Waals surface area contributed by atoms with E-state index in [-0.39, 0.29) is 24.0 Å². The van der Waals surface area contributed by atoms with Crippen LogP contribution in [0.15, 0.2) is 29.3 Å². The smallest absolute Gasteiger partial charge is 0.191 e. The van der Waals surface area contributed by atoms with Gasteiger partial charge in [-0.25, -0.2) is 4.99 Å². The van der Waals surface area contributed by atoms with E-state index in [1.54, 1.807) is 0 Å². The summed E-state index contributed by atoms with van der Waals surface area (Å²) in [6.07, 6.45) is 3.99. The van der Waals surface area contributed by atoms with Crippen molar-refractivity contribution in [1.82, 2.24) is 20.4 Å². The van der Waals surface area contributed by atoms with E-state index in [4.69, 9.17) is 4.99 Å². The van der Waals surface area contributed by atoms with Crippen molar-refractivity contribution >= 4 is 29.9 Å². The predicted molar refractivity (Wildman–Crippen MR) is 129 cm³/mol. The lowest BCUT2D eigenvalue weighted by molar-refractivity contribution is 0.331. The minimum atomic E-state index is 0. The van der Waals surface area contributed by atoms with Crippen LogP contribution in [-0.4, -0.2) is 61.6 Å². The molecule has 0 aliphatic carbocycles. The van der Waals surface area contributed by atoms with Crippen molar-refractivity contribution in [3.05, 3.63) is 35.4 Å². The van der Waals surface area contributed by atoms with E-state index in [2.05, 4.69) is 58.5 Å². The first-order chi connectivity index (χ1) is 13.3. The maximum Gasteiger partial charge on any atom is 0.191 e. The van der Waals surface area contributed by atoms with Gasteiger partial charge in [-0.1, -0.05) is 31.2 Å². The monoisotopic (exact) mass is 499 g/mol. The Morgan fingerprint density at radius 2 is 1.71 bits per heavy atom. The quantitative estimate of drug-likeness (QED) is 0.327.